The van der Waals surface area contributed by atoms with Crippen molar-refractivity contribution in [1.29, 1.82) is 0 Å². The quantitative estimate of drug-likeness (QED) is 0.904. The molecule has 2 atom stereocenters. The lowest BCUT2D eigenvalue weighted by Crippen LogP contribution is -2.37. The van der Waals surface area contributed by atoms with E-state index in [9.17, 15) is 0 Å². The summed E-state index contributed by atoms with van der Waals surface area (Å²) in [6.07, 6.45) is 1.99. The topological polar surface area (TPSA) is 29.3 Å². The number of hydrogen-bond donors (Lipinski definition) is 1. The van der Waals surface area contributed by atoms with Crippen molar-refractivity contribution in [2.75, 3.05) is 23.7 Å². The average Bonchev–Trinajstić information content (AvgIpc) is 2.38. The fraction of sp³-hybridized carbons (Fsp3) is 0.600. The monoisotopic (exact) mass is 342 g/mol. The van der Waals surface area contributed by atoms with Crippen molar-refractivity contribution >= 4 is 33.4 Å². The molecule has 1 heterocycles. The largest absolute Gasteiger partial charge is 0.369 e. The van der Waals surface area contributed by atoms with Gasteiger partial charge in [-0.25, -0.2) is 0 Å². The van der Waals surface area contributed by atoms with Gasteiger partial charge in [-0.05, 0) is 36.6 Å². The van der Waals surface area contributed by atoms with Crippen LogP contribution in [0.1, 0.15) is 25.8 Å². The Morgan fingerprint density at radius 2 is 2.32 bits per heavy atom. The molecule has 2 rings (SSSR count). The number of rotatable bonds is 4. The van der Waals surface area contributed by atoms with E-state index in [4.69, 9.17) is 5.73 Å². The van der Waals surface area contributed by atoms with Crippen molar-refractivity contribution in [3.8, 4) is 0 Å². The summed E-state index contributed by atoms with van der Waals surface area (Å²) in [6.45, 7) is 6.75. The summed E-state index contributed by atoms with van der Waals surface area (Å²) in [5, 5.41) is 0.713. The van der Waals surface area contributed by atoms with Crippen LogP contribution < -0.4 is 10.6 Å². The van der Waals surface area contributed by atoms with Crippen molar-refractivity contribution < 1.29 is 0 Å². The summed E-state index contributed by atoms with van der Waals surface area (Å²) in [4.78, 5) is 2.52. The molecule has 0 amide bonds. The van der Waals surface area contributed by atoms with Crippen molar-refractivity contribution in [3.63, 3.8) is 0 Å². The summed E-state index contributed by atoms with van der Waals surface area (Å²) in [7, 11) is 0. The van der Waals surface area contributed by atoms with Crippen molar-refractivity contribution in [3.05, 3.63) is 28.2 Å². The van der Waals surface area contributed by atoms with E-state index in [1.807, 2.05) is 0 Å². The van der Waals surface area contributed by atoms with Gasteiger partial charge in [0.1, 0.15) is 0 Å². The highest BCUT2D eigenvalue weighted by atomic mass is 79.9. The highest BCUT2D eigenvalue weighted by Gasteiger charge is 2.19. The Morgan fingerprint density at radius 3 is 3.00 bits per heavy atom. The lowest BCUT2D eigenvalue weighted by atomic mass is 10.0. The van der Waals surface area contributed by atoms with Crippen LogP contribution >= 0.6 is 27.7 Å². The van der Waals surface area contributed by atoms with Gasteiger partial charge in [0, 0.05) is 40.3 Å². The number of anilines is 1. The lowest BCUT2D eigenvalue weighted by molar-refractivity contribution is 0.643. The second kappa shape index (κ2) is 7.00. The van der Waals surface area contributed by atoms with Gasteiger partial charge in [0.2, 0.25) is 0 Å². The van der Waals surface area contributed by atoms with Crippen LogP contribution in [-0.2, 0) is 6.42 Å². The van der Waals surface area contributed by atoms with Crippen LogP contribution in [0, 0.1) is 0 Å². The maximum Gasteiger partial charge on any atom is 0.0400 e. The molecule has 4 heteroatoms. The molecule has 1 aromatic rings. The molecule has 106 valence electrons. The van der Waals surface area contributed by atoms with Crippen molar-refractivity contribution in [2.45, 2.75) is 38.0 Å². The number of halogens is 1. The lowest BCUT2D eigenvalue weighted by Gasteiger charge is -2.34. The van der Waals surface area contributed by atoms with Crippen LogP contribution in [0.25, 0.3) is 0 Å². The molecule has 1 aliphatic heterocycles. The molecule has 0 bridgehead atoms. The minimum absolute atomic E-state index is 0.254. The third kappa shape index (κ3) is 4.14. The van der Waals surface area contributed by atoms with Gasteiger partial charge in [-0.2, -0.15) is 11.8 Å². The number of benzene rings is 1. The van der Waals surface area contributed by atoms with Gasteiger partial charge in [-0.15, -0.1) is 0 Å². The second-order valence-corrected chi connectivity index (χ2v) is 7.73. The zero-order valence-electron chi connectivity index (χ0n) is 11.7. The van der Waals surface area contributed by atoms with Crippen LogP contribution in [-0.4, -0.2) is 30.1 Å². The molecule has 1 aliphatic rings. The SMILES string of the molecule is CCC(N)Cc1cc(Br)ccc1N1CCSC(C)C1. The smallest absolute Gasteiger partial charge is 0.0400 e. The second-order valence-electron chi connectivity index (χ2n) is 5.27. The van der Waals surface area contributed by atoms with E-state index >= 15 is 0 Å². The Morgan fingerprint density at radius 1 is 1.53 bits per heavy atom. The summed E-state index contributed by atoms with van der Waals surface area (Å²) >= 11 is 5.65. The molecule has 1 aromatic carbocycles. The van der Waals surface area contributed by atoms with Gasteiger partial charge >= 0.3 is 0 Å². The number of thioether (sulfide) groups is 1. The van der Waals surface area contributed by atoms with Crippen molar-refractivity contribution in [2.24, 2.45) is 5.73 Å². The molecule has 2 N–H and O–H groups in total. The van der Waals surface area contributed by atoms with Crippen LogP contribution in [0.2, 0.25) is 0 Å². The first-order valence-corrected chi connectivity index (χ1v) is 8.85. The zero-order chi connectivity index (χ0) is 13.8. The Labute approximate surface area is 129 Å². The molecule has 1 fully saturated rings. The van der Waals surface area contributed by atoms with Gasteiger partial charge in [-0.1, -0.05) is 29.8 Å². The molecule has 2 unspecified atom stereocenters. The van der Waals surface area contributed by atoms with E-state index < -0.39 is 0 Å². The van der Waals surface area contributed by atoms with Gasteiger partial charge < -0.3 is 10.6 Å². The Balaban J connectivity index is 2.22. The maximum absolute atomic E-state index is 6.14. The Kier molecular flexibility index (Phi) is 5.60. The predicted molar refractivity (Wildman–Crippen MR) is 90.2 cm³/mol. The molecule has 2 nitrogen and oxygen atoms in total. The van der Waals surface area contributed by atoms with Gasteiger partial charge in [0.25, 0.3) is 0 Å². The van der Waals surface area contributed by atoms with Crippen LogP contribution in [0.5, 0.6) is 0 Å². The van der Waals surface area contributed by atoms with E-state index in [1.165, 1.54) is 17.0 Å². The highest BCUT2D eigenvalue weighted by Crippen LogP contribution is 2.29. The average molecular weight is 343 g/mol. The Hall–Kier alpha value is -0.190. The van der Waals surface area contributed by atoms with Gasteiger partial charge in [-0.3, -0.25) is 0 Å². The molecule has 0 radical (unpaired) electrons. The fourth-order valence-electron chi connectivity index (χ4n) is 2.49. The molecular formula is C15H23BrN2S. The molecular weight excluding hydrogens is 320 g/mol. The normalized spacial score (nSPS) is 21.5. The first-order valence-electron chi connectivity index (χ1n) is 7.00. The number of nitrogens with zero attached hydrogens (tertiary/aromatic N) is 1. The zero-order valence-corrected chi connectivity index (χ0v) is 14.1. The third-order valence-corrected chi connectivity index (χ3v) is 5.26. The molecule has 0 aromatic heterocycles. The first-order chi connectivity index (χ1) is 9.10. The van der Waals surface area contributed by atoms with Crippen LogP contribution in [0.3, 0.4) is 0 Å². The van der Waals surface area contributed by atoms with Gasteiger partial charge in [0.05, 0.1) is 0 Å². The van der Waals surface area contributed by atoms with E-state index in [2.05, 4.69) is 64.6 Å². The summed E-state index contributed by atoms with van der Waals surface area (Å²) in [6, 6.07) is 6.87. The summed E-state index contributed by atoms with van der Waals surface area (Å²) < 4.78 is 1.15. The summed E-state index contributed by atoms with van der Waals surface area (Å²) in [5.74, 6) is 1.22. The molecule has 19 heavy (non-hydrogen) atoms. The molecule has 0 spiro atoms. The molecule has 1 saturated heterocycles. The number of hydrogen-bond acceptors (Lipinski definition) is 3. The summed E-state index contributed by atoms with van der Waals surface area (Å²) in [5.41, 5.74) is 8.89. The minimum atomic E-state index is 0.254. The van der Waals surface area contributed by atoms with E-state index in [-0.39, 0.29) is 6.04 Å². The number of nitrogens with two attached hydrogens (primary N) is 1. The van der Waals surface area contributed by atoms with Crippen LogP contribution in [0.4, 0.5) is 5.69 Å². The van der Waals surface area contributed by atoms with Crippen molar-refractivity contribution in [1.82, 2.24) is 0 Å². The Bertz CT molecular complexity index is 425. The van der Waals surface area contributed by atoms with Gasteiger partial charge in [0.15, 0.2) is 0 Å². The van der Waals surface area contributed by atoms with E-state index in [0.29, 0.717) is 5.25 Å². The minimum Gasteiger partial charge on any atom is -0.369 e. The maximum atomic E-state index is 6.14. The first kappa shape index (κ1) is 15.2. The van der Waals surface area contributed by atoms with E-state index in [0.717, 1.165) is 30.4 Å². The fourth-order valence-corrected chi connectivity index (χ4v) is 3.91. The third-order valence-electron chi connectivity index (χ3n) is 3.63. The standard InChI is InChI=1S/C15H23BrN2S/c1-3-14(17)9-12-8-13(16)4-5-15(12)18-6-7-19-11(2)10-18/h4-5,8,11,14H,3,6-7,9-10,17H2,1-2H3. The highest BCUT2D eigenvalue weighted by molar-refractivity contribution is 9.10. The predicted octanol–water partition coefficient (Wildman–Crippen LogP) is 3.67. The molecule has 0 aliphatic carbocycles. The van der Waals surface area contributed by atoms with Crippen LogP contribution in [0.15, 0.2) is 22.7 Å². The van der Waals surface area contributed by atoms with E-state index in [1.54, 1.807) is 0 Å². The molecule has 0 saturated carbocycles.